The largest absolute Gasteiger partial charge is 0.480 e. The van der Waals surface area contributed by atoms with E-state index in [2.05, 4.69) is 17.1 Å². The molecule has 2 heterocycles. The molecule has 9 heteroatoms. The summed E-state index contributed by atoms with van der Waals surface area (Å²) in [6.45, 7) is 3.98. The lowest BCUT2D eigenvalue weighted by atomic mass is 10.0. The van der Waals surface area contributed by atoms with Crippen molar-refractivity contribution in [2.45, 2.75) is 31.3 Å². The van der Waals surface area contributed by atoms with Crippen molar-refractivity contribution >= 4 is 18.0 Å². The van der Waals surface area contributed by atoms with Gasteiger partial charge in [0, 0.05) is 24.6 Å². The molecule has 2 aromatic carbocycles. The summed E-state index contributed by atoms with van der Waals surface area (Å²) in [5.41, 5.74) is 3.24. The van der Waals surface area contributed by atoms with Gasteiger partial charge in [0.2, 0.25) is 0 Å². The summed E-state index contributed by atoms with van der Waals surface area (Å²) in [5, 5.41) is 15.8. The minimum Gasteiger partial charge on any atom is -0.480 e. The van der Waals surface area contributed by atoms with Gasteiger partial charge in [-0.3, -0.25) is 4.79 Å². The zero-order chi connectivity index (χ0) is 25.5. The van der Waals surface area contributed by atoms with Crippen molar-refractivity contribution in [3.63, 3.8) is 0 Å². The molecule has 1 aliphatic heterocycles. The molecule has 1 aromatic heterocycles. The Labute approximate surface area is 208 Å². The van der Waals surface area contributed by atoms with Gasteiger partial charge in [-0.2, -0.15) is 0 Å². The maximum atomic E-state index is 13.3. The van der Waals surface area contributed by atoms with Crippen molar-refractivity contribution in [2.75, 3.05) is 13.2 Å². The fourth-order valence-corrected chi connectivity index (χ4v) is 4.22. The second kappa shape index (κ2) is 11.4. The minimum absolute atomic E-state index is 0.0366. The molecule has 1 saturated heterocycles. The van der Waals surface area contributed by atoms with Crippen LogP contribution in [0.3, 0.4) is 0 Å². The van der Waals surface area contributed by atoms with E-state index in [9.17, 15) is 19.5 Å². The average molecular weight is 490 g/mol. The van der Waals surface area contributed by atoms with Crippen molar-refractivity contribution in [3.8, 4) is 11.1 Å². The molecule has 0 spiro atoms. The molecule has 9 nitrogen and oxygen atoms in total. The second-order valence-electron chi connectivity index (χ2n) is 8.44. The first kappa shape index (κ1) is 24.7. The van der Waals surface area contributed by atoms with Crippen LogP contribution in [0.15, 0.2) is 77.8 Å². The summed E-state index contributed by atoms with van der Waals surface area (Å²) in [4.78, 5) is 38.4. The molecule has 0 saturated carbocycles. The Kier molecular flexibility index (Phi) is 7.79. The molecule has 2 atom stereocenters. The molecule has 0 bridgehead atoms. The van der Waals surface area contributed by atoms with Crippen LogP contribution in [0.5, 0.6) is 0 Å². The van der Waals surface area contributed by atoms with Gasteiger partial charge >= 0.3 is 12.1 Å². The van der Waals surface area contributed by atoms with Gasteiger partial charge in [0.25, 0.3) is 5.91 Å². The van der Waals surface area contributed by atoms with E-state index in [0.717, 1.165) is 17.5 Å². The number of nitrogens with one attached hydrogen (secondary N) is 1. The predicted molar refractivity (Wildman–Crippen MR) is 131 cm³/mol. The first-order chi connectivity index (χ1) is 17.5. The van der Waals surface area contributed by atoms with Gasteiger partial charge < -0.3 is 24.6 Å². The third-order valence-corrected chi connectivity index (χ3v) is 6.00. The third kappa shape index (κ3) is 5.80. The molecule has 3 aromatic rings. The molecular formula is C27H27N3O6. The number of carbonyl (C=O) groups is 3. The number of rotatable bonds is 9. The fourth-order valence-electron chi connectivity index (χ4n) is 4.22. The first-order valence-corrected chi connectivity index (χ1v) is 11.6. The summed E-state index contributed by atoms with van der Waals surface area (Å²) in [6.07, 6.45) is 1.92. The first-order valence-electron chi connectivity index (χ1n) is 11.6. The van der Waals surface area contributed by atoms with Gasteiger partial charge in [-0.05, 0) is 36.1 Å². The smallest absolute Gasteiger partial charge is 0.408 e. The van der Waals surface area contributed by atoms with Crippen LogP contribution in [-0.4, -0.2) is 52.3 Å². The number of carbonyl (C=O) groups excluding carboxylic acids is 2. The van der Waals surface area contributed by atoms with E-state index in [4.69, 9.17) is 9.26 Å². The summed E-state index contributed by atoms with van der Waals surface area (Å²) < 4.78 is 10.1. The lowest BCUT2D eigenvalue weighted by Gasteiger charge is -2.23. The quantitative estimate of drug-likeness (QED) is 0.431. The van der Waals surface area contributed by atoms with E-state index in [1.165, 1.54) is 6.08 Å². The lowest BCUT2D eigenvalue weighted by Crippen LogP contribution is -2.42. The number of hydrogen-bond acceptors (Lipinski definition) is 6. The van der Waals surface area contributed by atoms with Crippen molar-refractivity contribution in [1.82, 2.24) is 15.4 Å². The van der Waals surface area contributed by atoms with E-state index in [0.29, 0.717) is 24.2 Å². The maximum Gasteiger partial charge on any atom is 0.408 e. The lowest BCUT2D eigenvalue weighted by molar-refractivity contribution is -0.139. The van der Waals surface area contributed by atoms with E-state index < -0.39 is 18.1 Å². The maximum absolute atomic E-state index is 13.3. The standard InChI is InChI=1S/C27H27N3O6/c1-2-15-35-27(34)28-23(26(32)33)17-21-16-22(29-36-21)24-9-6-14-30(24)25(31)20-12-10-19(11-13-20)18-7-4-3-5-8-18/h2-5,7-8,10-13,16,23-24H,1,6,9,14-15,17H2,(H,28,34)(H,32,33). The summed E-state index contributed by atoms with van der Waals surface area (Å²) in [6, 6.07) is 17.5. The van der Waals surface area contributed by atoms with Crippen molar-refractivity contribution < 1.29 is 28.8 Å². The number of aliphatic carboxylic acids is 1. The molecule has 2 amide bonds. The highest BCUT2D eigenvalue weighted by Crippen LogP contribution is 2.33. The van der Waals surface area contributed by atoms with Gasteiger partial charge in [0.15, 0.2) is 0 Å². The number of nitrogens with zero attached hydrogens (tertiary/aromatic N) is 2. The molecule has 36 heavy (non-hydrogen) atoms. The van der Waals surface area contributed by atoms with E-state index >= 15 is 0 Å². The van der Waals surface area contributed by atoms with Crippen molar-refractivity contribution in [2.24, 2.45) is 0 Å². The Bertz CT molecular complexity index is 1220. The van der Waals surface area contributed by atoms with Crippen LogP contribution >= 0.6 is 0 Å². The van der Waals surface area contributed by atoms with E-state index in [1.54, 1.807) is 11.0 Å². The molecule has 0 radical (unpaired) electrons. The van der Waals surface area contributed by atoms with E-state index in [-0.39, 0.29) is 30.7 Å². The highest BCUT2D eigenvalue weighted by atomic mass is 16.5. The number of hydrogen-bond donors (Lipinski definition) is 2. The molecular weight excluding hydrogens is 462 g/mol. The van der Waals surface area contributed by atoms with Crippen LogP contribution in [0.25, 0.3) is 11.1 Å². The van der Waals surface area contributed by atoms with Gasteiger partial charge in [-0.1, -0.05) is 60.3 Å². The van der Waals surface area contributed by atoms with Gasteiger partial charge in [-0.25, -0.2) is 9.59 Å². The van der Waals surface area contributed by atoms with E-state index in [1.807, 2.05) is 54.6 Å². The van der Waals surface area contributed by atoms with Crippen LogP contribution in [0.2, 0.25) is 0 Å². The molecule has 4 rings (SSSR count). The molecule has 1 fully saturated rings. The molecule has 0 aliphatic carbocycles. The zero-order valence-electron chi connectivity index (χ0n) is 19.6. The predicted octanol–water partition coefficient (Wildman–Crippen LogP) is 4.23. The van der Waals surface area contributed by atoms with Gasteiger partial charge in [0.1, 0.15) is 24.1 Å². The highest BCUT2D eigenvalue weighted by molar-refractivity contribution is 5.95. The fraction of sp³-hybridized carbons (Fsp3) is 0.259. The number of ether oxygens (including phenoxy) is 1. The Hall–Kier alpha value is -4.40. The Morgan fingerprint density at radius 1 is 1.17 bits per heavy atom. The summed E-state index contributed by atoms with van der Waals surface area (Å²) >= 11 is 0. The number of carboxylic acids is 1. The molecule has 186 valence electrons. The SMILES string of the molecule is C=CCOC(=O)NC(Cc1cc(C2CCCN2C(=O)c2ccc(-c3ccccc3)cc2)no1)C(=O)O. The van der Waals surface area contributed by atoms with Crippen LogP contribution in [-0.2, 0) is 16.0 Å². The number of carboxylic acid groups (broad SMARTS) is 1. The molecule has 2 N–H and O–H groups in total. The number of amides is 2. The van der Waals surface area contributed by atoms with Crippen LogP contribution < -0.4 is 5.32 Å². The third-order valence-electron chi connectivity index (χ3n) is 6.00. The minimum atomic E-state index is -1.26. The van der Waals surface area contributed by atoms with Crippen LogP contribution in [0.1, 0.15) is 40.7 Å². The summed E-state index contributed by atoms with van der Waals surface area (Å²) in [7, 11) is 0. The van der Waals surface area contributed by atoms with Gasteiger partial charge in [0.05, 0.1) is 6.04 Å². The van der Waals surface area contributed by atoms with Crippen molar-refractivity contribution in [1.29, 1.82) is 0 Å². The van der Waals surface area contributed by atoms with Gasteiger partial charge in [-0.15, -0.1) is 0 Å². The van der Waals surface area contributed by atoms with Crippen LogP contribution in [0.4, 0.5) is 4.79 Å². The molecule has 1 aliphatic rings. The summed E-state index contributed by atoms with van der Waals surface area (Å²) in [5.74, 6) is -1.05. The highest BCUT2D eigenvalue weighted by Gasteiger charge is 2.33. The monoisotopic (exact) mass is 489 g/mol. The van der Waals surface area contributed by atoms with Crippen molar-refractivity contribution in [3.05, 3.63) is 90.3 Å². The Morgan fingerprint density at radius 3 is 2.58 bits per heavy atom. The number of aromatic nitrogens is 1. The Morgan fingerprint density at radius 2 is 1.89 bits per heavy atom. The number of benzene rings is 2. The Balaban J connectivity index is 1.43. The zero-order valence-corrected chi connectivity index (χ0v) is 19.6. The average Bonchev–Trinajstić information content (AvgIpc) is 3.57. The second-order valence-corrected chi connectivity index (χ2v) is 8.44. The number of likely N-dealkylation sites (tertiary alicyclic amines) is 1. The number of alkyl carbamates (subject to hydrolysis) is 1. The topological polar surface area (TPSA) is 122 Å². The van der Waals surface area contributed by atoms with Crippen LogP contribution in [0, 0.1) is 0 Å². The molecule has 2 unspecified atom stereocenters. The normalized spacial score (nSPS) is 15.8.